The fourth-order valence-corrected chi connectivity index (χ4v) is 6.85. The first-order chi connectivity index (χ1) is 19.1. The zero-order valence-corrected chi connectivity index (χ0v) is 21.9. The summed E-state index contributed by atoms with van der Waals surface area (Å²) in [6, 6.07) is 12.5. The Hall–Kier alpha value is -3.72. The molecule has 40 heavy (non-hydrogen) atoms. The Kier molecular flexibility index (Phi) is 6.45. The van der Waals surface area contributed by atoms with Crippen LogP contribution in [0.2, 0.25) is 0 Å². The minimum atomic E-state index is -4.52. The first-order valence-electron chi connectivity index (χ1n) is 13.4. The molecule has 2 N–H and O–H groups in total. The third-order valence-electron chi connectivity index (χ3n) is 8.87. The molecule has 9 heteroatoms. The van der Waals surface area contributed by atoms with Crippen LogP contribution in [0, 0.1) is 29.0 Å². The lowest BCUT2D eigenvalue weighted by Crippen LogP contribution is -2.49. The van der Waals surface area contributed by atoms with Gasteiger partial charge in [0.15, 0.2) is 0 Å². The molecule has 0 radical (unpaired) electrons. The zero-order valence-electron chi connectivity index (χ0n) is 21.9. The normalized spacial score (nSPS) is 25.7. The molecule has 1 fully saturated rings. The number of hydrogen-bond acceptors (Lipinski definition) is 3. The topological polar surface area (TPSA) is 67.2 Å². The third kappa shape index (κ3) is 4.46. The number of anilines is 1. The molecule has 1 saturated carbocycles. The number of hydrogen-bond donors (Lipinski definition) is 2. The summed E-state index contributed by atoms with van der Waals surface area (Å²) in [7, 11) is 0. The Labute approximate surface area is 229 Å². The number of nitrogens with one attached hydrogen (secondary N) is 1. The lowest BCUT2D eigenvalue weighted by molar-refractivity contribution is -0.196. The number of alkyl halides is 3. The van der Waals surface area contributed by atoms with Crippen molar-refractivity contribution in [3.8, 4) is 5.69 Å². The lowest BCUT2D eigenvalue weighted by Gasteiger charge is -2.50. The van der Waals surface area contributed by atoms with Crippen LogP contribution >= 0.6 is 0 Å². The molecule has 3 aliphatic carbocycles. The monoisotopic (exact) mass is 551 g/mol. The highest BCUT2D eigenvalue weighted by molar-refractivity contribution is 5.93. The molecule has 1 amide bonds. The van der Waals surface area contributed by atoms with E-state index < -0.39 is 35.3 Å². The second-order valence-electron chi connectivity index (χ2n) is 11.2. The van der Waals surface area contributed by atoms with Crippen LogP contribution in [0.3, 0.4) is 0 Å². The first kappa shape index (κ1) is 26.5. The summed E-state index contributed by atoms with van der Waals surface area (Å²) in [6.45, 7) is 1.90. The van der Waals surface area contributed by atoms with Crippen molar-refractivity contribution in [1.82, 2.24) is 9.78 Å². The highest BCUT2D eigenvalue weighted by Gasteiger charge is 2.56. The molecule has 0 spiro atoms. The number of benzene rings is 2. The predicted octanol–water partition coefficient (Wildman–Crippen LogP) is 6.62. The van der Waals surface area contributed by atoms with Gasteiger partial charge in [-0.2, -0.15) is 18.3 Å². The number of rotatable bonds is 4. The van der Waals surface area contributed by atoms with Crippen molar-refractivity contribution in [2.24, 2.45) is 23.2 Å². The van der Waals surface area contributed by atoms with Crippen molar-refractivity contribution in [2.45, 2.75) is 45.4 Å². The van der Waals surface area contributed by atoms with Gasteiger partial charge in [-0.05, 0) is 85.2 Å². The molecule has 5 nitrogen and oxygen atoms in total. The summed E-state index contributed by atoms with van der Waals surface area (Å²) in [5, 5.41) is 16.5. The van der Waals surface area contributed by atoms with E-state index in [9.17, 15) is 27.5 Å². The molecule has 1 unspecified atom stereocenters. The van der Waals surface area contributed by atoms with Crippen LogP contribution in [-0.2, 0) is 17.8 Å². The molecular formula is C31H29F4N3O2. The average molecular weight is 552 g/mol. The van der Waals surface area contributed by atoms with Crippen LogP contribution in [0.5, 0.6) is 0 Å². The molecule has 0 aliphatic heterocycles. The second-order valence-corrected chi connectivity index (χ2v) is 11.2. The number of fused-ring (bicyclic) bond motifs is 4. The van der Waals surface area contributed by atoms with Gasteiger partial charge in [-0.1, -0.05) is 36.3 Å². The number of allylic oxidation sites excluding steroid dienone is 3. The highest BCUT2D eigenvalue weighted by atomic mass is 19.4. The van der Waals surface area contributed by atoms with Crippen molar-refractivity contribution >= 4 is 17.7 Å². The molecule has 1 aromatic heterocycles. The van der Waals surface area contributed by atoms with Crippen LogP contribution in [0.15, 0.2) is 72.0 Å². The van der Waals surface area contributed by atoms with Crippen molar-refractivity contribution in [1.29, 1.82) is 0 Å². The summed E-state index contributed by atoms with van der Waals surface area (Å²) < 4.78 is 58.1. The molecule has 3 aliphatic rings. The van der Waals surface area contributed by atoms with Crippen molar-refractivity contribution < 1.29 is 27.5 Å². The number of carbonyl (C=O) groups excluding carboxylic acids is 1. The average Bonchev–Trinajstić information content (AvgIpc) is 3.33. The van der Waals surface area contributed by atoms with Gasteiger partial charge in [-0.3, -0.25) is 4.79 Å². The van der Waals surface area contributed by atoms with Crippen molar-refractivity contribution in [2.75, 3.05) is 5.32 Å². The minimum Gasteiger partial charge on any atom is -0.392 e. The van der Waals surface area contributed by atoms with Gasteiger partial charge in [0.25, 0.3) is 0 Å². The SMILES string of the molecule is C[C@]12Cc3cnn(-c4ccc(F)cc4)c3C=C1CCC1C2=CC[C@@H](C(F)(F)F)[C@@H]1C(=O)Nc1ccc(CO)cc1. The fraction of sp³-hybridized carbons (Fsp3) is 0.355. The summed E-state index contributed by atoms with van der Waals surface area (Å²) in [6.07, 6.45) is 2.35. The van der Waals surface area contributed by atoms with Gasteiger partial charge in [0.05, 0.1) is 36.0 Å². The van der Waals surface area contributed by atoms with Crippen LogP contribution < -0.4 is 5.32 Å². The quantitative estimate of drug-likeness (QED) is 0.283. The van der Waals surface area contributed by atoms with E-state index in [2.05, 4.69) is 23.4 Å². The molecule has 6 rings (SSSR count). The van der Waals surface area contributed by atoms with Crippen molar-refractivity contribution in [3.05, 3.63) is 94.6 Å². The van der Waals surface area contributed by atoms with Crippen LogP contribution in [0.4, 0.5) is 23.2 Å². The maximum absolute atomic E-state index is 14.3. The minimum absolute atomic E-state index is 0.165. The molecule has 3 aromatic rings. The number of carbonyl (C=O) groups is 1. The second kappa shape index (κ2) is 9.73. The van der Waals surface area contributed by atoms with Crippen LogP contribution in [0.25, 0.3) is 11.8 Å². The molecular weight excluding hydrogens is 522 g/mol. The van der Waals surface area contributed by atoms with Gasteiger partial charge in [0.1, 0.15) is 5.82 Å². The van der Waals surface area contributed by atoms with Gasteiger partial charge >= 0.3 is 6.18 Å². The lowest BCUT2D eigenvalue weighted by atomic mass is 9.54. The summed E-state index contributed by atoms with van der Waals surface area (Å²) in [5.41, 5.74) is 5.10. The predicted molar refractivity (Wildman–Crippen MR) is 143 cm³/mol. The first-order valence-corrected chi connectivity index (χ1v) is 13.4. The number of halogens is 4. The van der Waals surface area contributed by atoms with E-state index >= 15 is 0 Å². The Morgan fingerprint density at radius 2 is 1.88 bits per heavy atom. The molecule has 1 heterocycles. The van der Waals surface area contributed by atoms with E-state index in [0.29, 0.717) is 30.5 Å². The Balaban J connectivity index is 1.33. The van der Waals surface area contributed by atoms with Crippen LogP contribution in [0.1, 0.15) is 43.0 Å². The molecule has 0 saturated heterocycles. The summed E-state index contributed by atoms with van der Waals surface area (Å²) in [5.74, 6) is -4.54. The number of aliphatic hydroxyl groups excluding tert-OH is 1. The van der Waals surface area contributed by atoms with E-state index in [1.807, 2.05) is 0 Å². The Morgan fingerprint density at radius 3 is 2.55 bits per heavy atom. The Bertz CT molecular complexity index is 1500. The van der Waals surface area contributed by atoms with Gasteiger partial charge in [-0.15, -0.1) is 0 Å². The van der Waals surface area contributed by atoms with Gasteiger partial charge < -0.3 is 10.4 Å². The van der Waals surface area contributed by atoms with E-state index in [1.54, 1.807) is 53.4 Å². The fourth-order valence-electron chi connectivity index (χ4n) is 6.85. The maximum atomic E-state index is 14.3. The smallest absolute Gasteiger partial charge is 0.392 e. The molecule has 0 bridgehead atoms. The molecule has 2 aromatic carbocycles. The summed E-state index contributed by atoms with van der Waals surface area (Å²) in [4.78, 5) is 13.5. The van der Waals surface area contributed by atoms with E-state index in [-0.39, 0.29) is 18.8 Å². The number of amides is 1. The van der Waals surface area contributed by atoms with E-state index in [1.165, 1.54) is 12.1 Å². The van der Waals surface area contributed by atoms with Gasteiger partial charge in [0, 0.05) is 11.1 Å². The molecule has 4 atom stereocenters. The number of aliphatic hydroxyl groups is 1. The van der Waals surface area contributed by atoms with Crippen molar-refractivity contribution in [3.63, 3.8) is 0 Å². The maximum Gasteiger partial charge on any atom is 0.392 e. The van der Waals surface area contributed by atoms with E-state index in [0.717, 1.165) is 28.1 Å². The highest BCUT2D eigenvalue weighted by Crippen LogP contribution is 2.59. The van der Waals surface area contributed by atoms with E-state index in [4.69, 9.17) is 0 Å². The Morgan fingerprint density at radius 1 is 1.15 bits per heavy atom. The summed E-state index contributed by atoms with van der Waals surface area (Å²) >= 11 is 0. The standard InChI is InChI=1S/C31H29F4N3O2/c1-30-15-19-16-36-38(23-9-5-21(32)6-10-23)27(19)14-20(30)4-11-24-25(30)12-13-26(31(33,34)35)28(24)29(40)37-22-7-2-18(17-39)3-8-22/h2-3,5-10,12,14,16,24,26,28,39H,4,11,13,15,17H2,1H3,(H,37,40)/t24?,26-,28-,30+/m1/s1. The largest absolute Gasteiger partial charge is 0.392 e. The van der Waals surface area contributed by atoms with Gasteiger partial charge in [0.2, 0.25) is 5.91 Å². The third-order valence-corrected chi connectivity index (χ3v) is 8.87. The van der Waals surface area contributed by atoms with Crippen LogP contribution in [-0.4, -0.2) is 27.0 Å². The van der Waals surface area contributed by atoms with Gasteiger partial charge in [-0.25, -0.2) is 9.07 Å². The number of aromatic nitrogens is 2. The number of nitrogens with zero attached hydrogens (tertiary/aromatic N) is 2. The zero-order chi connectivity index (χ0) is 28.2. The molecule has 208 valence electrons.